The smallest absolute Gasteiger partial charge is 0.149 e. The average molecular weight is 256 g/mol. The standard InChI is InChI=1S/C15H20N4/c1-11(15-18-17-10-19(15)2)16-9-12-6-7-13-4-3-5-14(13)8-12/h6-8,10-11,16H,3-5,9H2,1-2H3. The van der Waals surface area contributed by atoms with E-state index in [9.17, 15) is 0 Å². The van der Waals surface area contributed by atoms with Crippen LogP contribution < -0.4 is 5.32 Å². The number of nitrogens with zero attached hydrogens (tertiary/aromatic N) is 3. The van der Waals surface area contributed by atoms with Crippen molar-refractivity contribution in [3.8, 4) is 0 Å². The first-order valence-corrected chi connectivity index (χ1v) is 6.92. The molecular formula is C15H20N4. The second-order valence-electron chi connectivity index (χ2n) is 5.36. The van der Waals surface area contributed by atoms with Crippen LogP contribution in [0.2, 0.25) is 0 Å². The third kappa shape index (κ3) is 2.54. The molecule has 0 saturated carbocycles. The second-order valence-corrected chi connectivity index (χ2v) is 5.36. The van der Waals surface area contributed by atoms with Gasteiger partial charge in [-0.15, -0.1) is 10.2 Å². The van der Waals surface area contributed by atoms with Gasteiger partial charge in [-0.3, -0.25) is 0 Å². The Morgan fingerprint density at radius 3 is 2.95 bits per heavy atom. The maximum atomic E-state index is 4.14. The number of rotatable bonds is 4. The van der Waals surface area contributed by atoms with Crippen LogP contribution in [0, 0.1) is 0 Å². The first-order valence-electron chi connectivity index (χ1n) is 6.92. The zero-order chi connectivity index (χ0) is 13.2. The minimum absolute atomic E-state index is 0.209. The molecule has 1 aliphatic carbocycles. The summed E-state index contributed by atoms with van der Waals surface area (Å²) < 4.78 is 1.96. The lowest BCUT2D eigenvalue weighted by Gasteiger charge is -2.13. The molecule has 3 rings (SSSR count). The van der Waals surface area contributed by atoms with Crippen molar-refractivity contribution in [2.24, 2.45) is 7.05 Å². The Kier molecular flexibility index (Phi) is 3.34. The van der Waals surface area contributed by atoms with E-state index in [1.54, 1.807) is 6.33 Å². The second kappa shape index (κ2) is 5.13. The number of hydrogen-bond donors (Lipinski definition) is 1. The summed E-state index contributed by atoms with van der Waals surface area (Å²) in [5.74, 6) is 0.973. The Morgan fingerprint density at radius 1 is 1.32 bits per heavy atom. The quantitative estimate of drug-likeness (QED) is 0.911. The van der Waals surface area contributed by atoms with E-state index in [0.29, 0.717) is 0 Å². The molecule has 0 aliphatic heterocycles. The van der Waals surface area contributed by atoms with E-state index in [2.05, 4.69) is 40.6 Å². The largest absolute Gasteiger partial charge is 0.319 e. The summed E-state index contributed by atoms with van der Waals surface area (Å²) in [4.78, 5) is 0. The van der Waals surface area contributed by atoms with Gasteiger partial charge in [-0.1, -0.05) is 18.2 Å². The molecule has 0 bridgehead atoms. The van der Waals surface area contributed by atoms with Crippen LogP contribution in [0.25, 0.3) is 0 Å². The van der Waals surface area contributed by atoms with Crippen molar-refractivity contribution in [1.29, 1.82) is 0 Å². The Balaban J connectivity index is 1.65. The molecule has 0 saturated heterocycles. The molecule has 1 unspecified atom stereocenters. The van der Waals surface area contributed by atoms with E-state index in [0.717, 1.165) is 12.4 Å². The molecule has 0 amide bonds. The fraction of sp³-hybridized carbons (Fsp3) is 0.467. The Bertz CT molecular complexity index is 573. The Morgan fingerprint density at radius 2 is 2.16 bits per heavy atom. The van der Waals surface area contributed by atoms with Crippen molar-refractivity contribution in [3.63, 3.8) is 0 Å². The van der Waals surface area contributed by atoms with Crippen molar-refractivity contribution in [2.75, 3.05) is 0 Å². The summed E-state index contributed by atoms with van der Waals surface area (Å²) in [6.45, 7) is 3.00. The van der Waals surface area contributed by atoms with Gasteiger partial charge in [0.25, 0.3) is 0 Å². The minimum atomic E-state index is 0.209. The summed E-state index contributed by atoms with van der Waals surface area (Å²) in [5.41, 5.74) is 4.42. The SMILES string of the molecule is CC(NCc1ccc2c(c1)CCC2)c1nncn1C. The van der Waals surface area contributed by atoms with Crippen LogP contribution in [0.5, 0.6) is 0 Å². The highest BCUT2D eigenvalue weighted by atomic mass is 15.3. The zero-order valence-electron chi connectivity index (χ0n) is 11.6. The van der Waals surface area contributed by atoms with Crippen LogP contribution >= 0.6 is 0 Å². The summed E-state index contributed by atoms with van der Waals surface area (Å²) in [7, 11) is 1.98. The van der Waals surface area contributed by atoms with Gasteiger partial charge in [0.15, 0.2) is 0 Å². The van der Waals surface area contributed by atoms with Gasteiger partial charge in [-0.2, -0.15) is 0 Å². The molecule has 1 N–H and O–H groups in total. The van der Waals surface area contributed by atoms with Crippen molar-refractivity contribution >= 4 is 0 Å². The number of aryl methyl sites for hydroxylation is 3. The number of aromatic nitrogens is 3. The molecule has 0 spiro atoms. The fourth-order valence-electron chi connectivity index (χ4n) is 2.78. The summed E-state index contributed by atoms with van der Waals surface area (Å²) in [6.07, 6.45) is 5.53. The van der Waals surface area contributed by atoms with Gasteiger partial charge >= 0.3 is 0 Å². The summed E-state index contributed by atoms with van der Waals surface area (Å²) >= 11 is 0. The van der Waals surface area contributed by atoms with Gasteiger partial charge in [-0.05, 0) is 42.9 Å². The number of fused-ring (bicyclic) bond motifs is 1. The molecule has 2 aromatic rings. The Hall–Kier alpha value is -1.68. The lowest BCUT2D eigenvalue weighted by Crippen LogP contribution is -2.21. The van der Waals surface area contributed by atoms with Crippen LogP contribution in [0.4, 0.5) is 0 Å². The molecule has 4 heteroatoms. The molecule has 4 nitrogen and oxygen atoms in total. The van der Waals surface area contributed by atoms with Crippen molar-refractivity contribution in [2.45, 2.75) is 38.8 Å². The van der Waals surface area contributed by atoms with E-state index >= 15 is 0 Å². The first kappa shape index (κ1) is 12.4. The van der Waals surface area contributed by atoms with Gasteiger partial charge in [0.05, 0.1) is 6.04 Å². The molecule has 1 atom stereocenters. The highest BCUT2D eigenvalue weighted by Crippen LogP contribution is 2.23. The third-order valence-corrected chi connectivity index (χ3v) is 3.91. The highest BCUT2D eigenvalue weighted by molar-refractivity contribution is 5.35. The van der Waals surface area contributed by atoms with Gasteiger partial charge in [0.2, 0.25) is 0 Å². The van der Waals surface area contributed by atoms with Gasteiger partial charge < -0.3 is 9.88 Å². The van der Waals surface area contributed by atoms with Crippen molar-refractivity contribution in [1.82, 2.24) is 20.1 Å². The highest BCUT2D eigenvalue weighted by Gasteiger charge is 2.13. The molecule has 1 aromatic carbocycles. The topological polar surface area (TPSA) is 42.7 Å². The van der Waals surface area contributed by atoms with Gasteiger partial charge in [0, 0.05) is 13.6 Å². The molecule has 19 heavy (non-hydrogen) atoms. The zero-order valence-corrected chi connectivity index (χ0v) is 11.6. The normalized spacial score (nSPS) is 15.5. The minimum Gasteiger partial charge on any atom is -0.319 e. The molecule has 100 valence electrons. The van der Waals surface area contributed by atoms with E-state index < -0.39 is 0 Å². The van der Waals surface area contributed by atoms with Crippen LogP contribution in [0.15, 0.2) is 24.5 Å². The van der Waals surface area contributed by atoms with Crippen LogP contribution in [0.3, 0.4) is 0 Å². The maximum absolute atomic E-state index is 4.14. The summed E-state index contributed by atoms with van der Waals surface area (Å²) in [5, 5.41) is 11.6. The van der Waals surface area contributed by atoms with E-state index in [1.165, 1.54) is 36.0 Å². The third-order valence-electron chi connectivity index (χ3n) is 3.91. The van der Waals surface area contributed by atoms with E-state index in [4.69, 9.17) is 0 Å². The van der Waals surface area contributed by atoms with Crippen molar-refractivity contribution in [3.05, 3.63) is 47.0 Å². The van der Waals surface area contributed by atoms with Crippen LogP contribution in [-0.4, -0.2) is 14.8 Å². The molecule has 0 radical (unpaired) electrons. The fourth-order valence-corrected chi connectivity index (χ4v) is 2.78. The number of benzene rings is 1. The first-order chi connectivity index (χ1) is 9.24. The predicted octanol–water partition coefficient (Wildman–Crippen LogP) is 2.15. The lowest BCUT2D eigenvalue weighted by molar-refractivity contribution is 0.528. The van der Waals surface area contributed by atoms with E-state index in [-0.39, 0.29) is 6.04 Å². The van der Waals surface area contributed by atoms with Gasteiger partial charge in [-0.25, -0.2) is 0 Å². The predicted molar refractivity (Wildman–Crippen MR) is 74.7 cm³/mol. The molecule has 1 aromatic heterocycles. The molecule has 1 aliphatic rings. The monoisotopic (exact) mass is 256 g/mol. The average Bonchev–Trinajstić information content (AvgIpc) is 3.03. The van der Waals surface area contributed by atoms with E-state index in [1.807, 2.05) is 11.6 Å². The van der Waals surface area contributed by atoms with Crippen molar-refractivity contribution < 1.29 is 0 Å². The molecule has 0 fully saturated rings. The van der Waals surface area contributed by atoms with Gasteiger partial charge in [0.1, 0.15) is 12.2 Å². The number of hydrogen-bond acceptors (Lipinski definition) is 3. The molecule has 1 heterocycles. The lowest BCUT2D eigenvalue weighted by atomic mass is 10.1. The molecular weight excluding hydrogens is 236 g/mol. The maximum Gasteiger partial charge on any atom is 0.149 e. The summed E-state index contributed by atoms with van der Waals surface area (Å²) in [6, 6.07) is 7.08. The number of nitrogens with one attached hydrogen (secondary N) is 1. The van der Waals surface area contributed by atoms with Crippen LogP contribution in [0.1, 0.15) is 41.9 Å². The Labute approximate surface area is 113 Å². The van der Waals surface area contributed by atoms with Crippen LogP contribution in [-0.2, 0) is 26.4 Å².